The number of hydrogen-bond acceptors (Lipinski definition) is 4. The van der Waals surface area contributed by atoms with Gasteiger partial charge < -0.3 is 15.4 Å². The highest BCUT2D eigenvalue weighted by Crippen LogP contribution is 2.14. The van der Waals surface area contributed by atoms with Crippen LogP contribution in [0.3, 0.4) is 0 Å². The number of halogens is 1. The molecule has 0 bridgehead atoms. The van der Waals surface area contributed by atoms with E-state index in [0.29, 0.717) is 12.2 Å². The van der Waals surface area contributed by atoms with Crippen molar-refractivity contribution in [2.24, 2.45) is 4.99 Å². The molecule has 7 nitrogen and oxygen atoms in total. The number of aliphatic imine (C=N–C) groups is 1. The van der Waals surface area contributed by atoms with Crippen LogP contribution in [0.5, 0.6) is 0 Å². The molecule has 1 amide bonds. The van der Waals surface area contributed by atoms with E-state index in [2.05, 4.69) is 61.8 Å². The van der Waals surface area contributed by atoms with E-state index in [1.54, 1.807) is 0 Å². The summed E-state index contributed by atoms with van der Waals surface area (Å²) in [5, 5.41) is 9.35. The normalized spacial score (nSPS) is 14.2. The Balaban J connectivity index is 0.00000385. The molecule has 0 saturated carbocycles. The Bertz CT molecular complexity index is 865. The number of guanidine groups is 1. The van der Waals surface area contributed by atoms with E-state index in [1.807, 2.05) is 24.3 Å². The lowest BCUT2D eigenvalue weighted by Crippen LogP contribution is -2.36. The minimum absolute atomic E-state index is 0. The Hall–Kier alpha value is -2.33. The van der Waals surface area contributed by atoms with E-state index >= 15 is 0 Å². The van der Waals surface area contributed by atoms with Crippen LogP contribution in [0.2, 0.25) is 0 Å². The Morgan fingerprint density at radius 1 is 0.939 bits per heavy atom. The van der Waals surface area contributed by atoms with Gasteiger partial charge in [-0.3, -0.25) is 10.2 Å². The van der Waals surface area contributed by atoms with Gasteiger partial charge in [-0.25, -0.2) is 9.79 Å². The number of likely N-dealkylation sites (tertiary alicyclic amines) is 1. The predicted octanol–water partition coefficient (Wildman–Crippen LogP) is 4.72. The Morgan fingerprint density at radius 2 is 1.58 bits per heavy atom. The fourth-order valence-corrected chi connectivity index (χ4v) is 3.70. The van der Waals surface area contributed by atoms with Gasteiger partial charge in [0.2, 0.25) is 0 Å². The van der Waals surface area contributed by atoms with Crippen LogP contribution in [0.1, 0.15) is 42.9 Å². The third kappa shape index (κ3) is 9.59. The van der Waals surface area contributed by atoms with E-state index < -0.39 is 6.09 Å². The molecule has 1 saturated heterocycles. The van der Waals surface area contributed by atoms with Crippen LogP contribution in [0.15, 0.2) is 53.5 Å². The number of piperidine rings is 1. The van der Waals surface area contributed by atoms with Crippen LogP contribution in [-0.2, 0) is 24.4 Å². The lowest BCUT2D eigenvalue weighted by molar-refractivity contribution is 0.187. The number of nitrogens with one attached hydrogen (secondary N) is 3. The molecule has 0 aromatic heterocycles. The molecule has 0 unspecified atom stereocenters. The number of nitrogens with zero attached hydrogens (tertiary/aromatic N) is 2. The zero-order valence-corrected chi connectivity index (χ0v) is 21.9. The molecule has 180 valence electrons. The van der Waals surface area contributed by atoms with Crippen molar-refractivity contribution in [1.29, 1.82) is 0 Å². The largest absolute Gasteiger partial charge is 0.453 e. The monoisotopic (exact) mass is 565 g/mol. The summed E-state index contributed by atoms with van der Waals surface area (Å²) in [5.74, 6) is 0.779. The van der Waals surface area contributed by atoms with Crippen molar-refractivity contribution < 1.29 is 9.53 Å². The Morgan fingerprint density at radius 3 is 2.21 bits per heavy atom. The summed E-state index contributed by atoms with van der Waals surface area (Å²) in [6, 6.07) is 16.4. The second-order valence-corrected chi connectivity index (χ2v) is 8.02. The standard InChI is InChI=1S/C25H35N5O2.HI/c1-3-26-24(28-18-21-11-13-23(14-12-21)29-25(31)32-2)27-17-20-7-9-22(10-8-20)19-30-15-5-4-6-16-30;/h7-14H,3-6,15-19H2,1-2H3,(H,29,31)(H2,26,27,28);1H. The topological polar surface area (TPSA) is 78.0 Å². The van der Waals surface area contributed by atoms with Crippen molar-refractivity contribution >= 4 is 41.7 Å². The third-order valence-electron chi connectivity index (χ3n) is 5.49. The van der Waals surface area contributed by atoms with E-state index in [-0.39, 0.29) is 24.0 Å². The minimum Gasteiger partial charge on any atom is -0.453 e. The van der Waals surface area contributed by atoms with Gasteiger partial charge in [0.05, 0.1) is 13.7 Å². The second kappa shape index (κ2) is 14.7. The molecule has 0 aliphatic carbocycles. The molecule has 8 heteroatoms. The maximum Gasteiger partial charge on any atom is 0.411 e. The number of amides is 1. The first-order valence-electron chi connectivity index (χ1n) is 11.4. The second-order valence-electron chi connectivity index (χ2n) is 8.02. The lowest BCUT2D eigenvalue weighted by Gasteiger charge is -2.26. The number of rotatable bonds is 8. The number of carbonyl (C=O) groups excluding carboxylic acids is 1. The summed E-state index contributed by atoms with van der Waals surface area (Å²) in [6.45, 7) is 7.60. The van der Waals surface area contributed by atoms with E-state index in [4.69, 9.17) is 0 Å². The summed E-state index contributed by atoms with van der Waals surface area (Å²) in [7, 11) is 1.34. The van der Waals surface area contributed by atoms with Crippen molar-refractivity contribution in [1.82, 2.24) is 15.5 Å². The van der Waals surface area contributed by atoms with Gasteiger partial charge in [0.15, 0.2) is 5.96 Å². The van der Waals surface area contributed by atoms with Crippen molar-refractivity contribution in [3.05, 3.63) is 65.2 Å². The molecule has 0 atom stereocenters. The van der Waals surface area contributed by atoms with Gasteiger partial charge in [0, 0.05) is 25.3 Å². The molecular weight excluding hydrogens is 529 g/mol. The molecule has 1 fully saturated rings. The lowest BCUT2D eigenvalue weighted by atomic mass is 10.1. The van der Waals surface area contributed by atoms with Gasteiger partial charge in [-0.1, -0.05) is 42.8 Å². The van der Waals surface area contributed by atoms with Crippen LogP contribution in [0.4, 0.5) is 10.5 Å². The fraction of sp³-hybridized carbons (Fsp3) is 0.440. The first kappa shape index (κ1) is 26.9. The minimum atomic E-state index is -0.478. The van der Waals surface area contributed by atoms with E-state index in [1.165, 1.54) is 50.6 Å². The van der Waals surface area contributed by atoms with E-state index in [9.17, 15) is 4.79 Å². The smallest absolute Gasteiger partial charge is 0.411 e. The first-order valence-corrected chi connectivity index (χ1v) is 11.4. The third-order valence-corrected chi connectivity index (χ3v) is 5.49. The highest BCUT2D eigenvalue weighted by molar-refractivity contribution is 14.0. The zero-order valence-electron chi connectivity index (χ0n) is 19.6. The molecular formula is C25H36IN5O2. The average Bonchev–Trinajstić information content (AvgIpc) is 2.83. The quantitative estimate of drug-likeness (QED) is 0.245. The summed E-state index contributed by atoms with van der Waals surface area (Å²) in [5.41, 5.74) is 4.36. The Kier molecular flexibility index (Phi) is 12.0. The maximum atomic E-state index is 11.3. The highest BCUT2D eigenvalue weighted by Gasteiger charge is 2.10. The summed E-state index contributed by atoms with van der Waals surface area (Å²) in [6.07, 6.45) is 3.54. The molecule has 3 N–H and O–H groups in total. The molecule has 2 aromatic rings. The SMILES string of the molecule is CCNC(=NCc1ccc(NC(=O)OC)cc1)NCc1ccc(CN2CCCCC2)cc1.I. The summed E-state index contributed by atoms with van der Waals surface area (Å²) < 4.78 is 4.60. The van der Waals surface area contributed by atoms with Gasteiger partial charge in [-0.2, -0.15) is 0 Å². The van der Waals surface area contributed by atoms with Crippen LogP contribution in [0.25, 0.3) is 0 Å². The van der Waals surface area contributed by atoms with Gasteiger partial charge in [-0.05, 0) is 61.7 Å². The van der Waals surface area contributed by atoms with Crippen molar-refractivity contribution in [3.8, 4) is 0 Å². The van der Waals surface area contributed by atoms with Crippen LogP contribution in [0, 0.1) is 0 Å². The molecule has 0 radical (unpaired) electrons. The zero-order chi connectivity index (χ0) is 22.6. The molecule has 1 aliphatic heterocycles. The molecule has 0 spiro atoms. The molecule has 2 aromatic carbocycles. The van der Waals surface area contributed by atoms with Crippen LogP contribution >= 0.6 is 24.0 Å². The average molecular weight is 566 g/mol. The summed E-state index contributed by atoms with van der Waals surface area (Å²) >= 11 is 0. The van der Waals surface area contributed by atoms with E-state index in [0.717, 1.165) is 31.2 Å². The van der Waals surface area contributed by atoms with Crippen LogP contribution in [-0.4, -0.2) is 43.7 Å². The van der Waals surface area contributed by atoms with Gasteiger partial charge in [0.1, 0.15) is 0 Å². The number of hydrogen-bond donors (Lipinski definition) is 3. The Labute approximate surface area is 214 Å². The van der Waals surface area contributed by atoms with Crippen molar-refractivity contribution in [2.45, 2.75) is 45.8 Å². The number of anilines is 1. The van der Waals surface area contributed by atoms with Crippen molar-refractivity contribution in [2.75, 3.05) is 32.1 Å². The number of methoxy groups -OCH3 is 1. The number of carbonyl (C=O) groups is 1. The van der Waals surface area contributed by atoms with Crippen LogP contribution < -0.4 is 16.0 Å². The highest BCUT2D eigenvalue weighted by atomic mass is 127. The fourth-order valence-electron chi connectivity index (χ4n) is 3.70. The summed E-state index contributed by atoms with van der Waals surface area (Å²) in [4.78, 5) is 18.5. The predicted molar refractivity (Wildman–Crippen MR) is 145 cm³/mol. The first-order chi connectivity index (χ1) is 15.7. The molecule has 33 heavy (non-hydrogen) atoms. The number of ether oxygens (including phenoxy) is 1. The number of benzene rings is 2. The molecule has 1 heterocycles. The molecule has 3 rings (SSSR count). The molecule has 1 aliphatic rings. The van der Waals surface area contributed by atoms with Gasteiger partial charge in [-0.15, -0.1) is 24.0 Å². The van der Waals surface area contributed by atoms with Gasteiger partial charge in [0.25, 0.3) is 0 Å². The van der Waals surface area contributed by atoms with Crippen molar-refractivity contribution in [3.63, 3.8) is 0 Å². The van der Waals surface area contributed by atoms with Gasteiger partial charge >= 0.3 is 6.09 Å². The maximum absolute atomic E-state index is 11.3.